The Morgan fingerprint density at radius 3 is 2.89 bits per heavy atom. The molecule has 142 valence electrons. The van der Waals surface area contributed by atoms with E-state index >= 15 is 0 Å². The molecule has 1 aliphatic rings. The molecule has 28 heavy (non-hydrogen) atoms. The van der Waals surface area contributed by atoms with Crippen molar-refractivity contribution < 1.29 is 8.81 Å². The van der Waals surface area contributed by atoms with E-state index < -0.39 is 0 Å². The van der Waals surface area contributed by atoms with Crippen molar-refractivity contribution >= 4 is 10.9 Å². The van der Waals surface area contributed by atoms with Crippen LogP contribution in [0.15, 0.2) is 65.4 Å². The van der Waals surface area contributed by atoms with Gasteiger partial charge in [0.05, 0.1) is 24.5 Å². The molecular weight excluding hydrogens is 355 g/mol. The predicted molar refractivity (Wildman–Crippen MR) is 106 cm³/mol. The van der Waals surface area contributed by atoms with Crippen molar-refractivity contribution in [3.63, 3.8) is 0 Å². The van der Waals surface area contributed by atoms with Gasteiger partial charge in [0.15, 0.2) is 0 Å². The molecule has 2 aromatic carbocycles. The maximum atomic E-state index is 13.3. The number of piperazine rings is 1. The summed E-state index contributed by atoms with van der Waals surface area (Å²) in [5, 5.41) is 11.6. The van der Waals surface area contributed by atoms with Crippen LogP contribution in [0.3, 0.4) is 0 Å². The van der Waals surface area contributed by atoms with Gasteiger partial charge in [-0.25, -0.2) is 4.39 Å². The summed E-state index contributed by atoms with van der Waals surface area (Å²) in [5.74, 6) is 0.723. The van der Waals surface area contributed by atoms with Crippen LogP contribution >= 0.6 is 0 Å². The normalized spacial score (nSPS) is 18.0. The zero-order valence-corrected chi connectivity index (χ0v) is 15.4. The van der Waals surface area contributed by atoms with Crippen molar-refractivity contribution in [1.82, 2.24) is 20.4 Å². The van der Waals surface area contributed by atoms with Crippen LogP contribution in [-0.2, 0) is 6.54 Å². The Kier molecular flexibility index (Phi) is 4.43. The lowest BCUT2D eigenvalue weighted by Gasteiger charge is -2.36. The van der Waals surface area contributed by atoms with Gasteiger partial charge in [-0.2, -0.15) is 5.10 Å². The predicted octanol–water partition coefficient (Wildman–Crippen LogP) is 4.11. The Balaban J connectivity index is 1.36. The van der Waals surface area contributed by atoms with Gasteiger partial charge in [0.1, 0.15) is 11.6 Å². The summed E-state index contributed by atoms with van der Waals surface area (Å²) in [6.07, 6.45) is 3.64. The van der Waals surface area contributed by atoms with Crippen LogP contribution in [0.25, 0.3) is 22.0 Å². The summed E-state index contributed by atoms with van der Waals surface area (Å²) in [4.78, 5) is 2.38. The van der Waals surface area contributed by atoms with Crippen molar-refractivity contribution in [3.05, 3.63) is 78.1 Å². The van der Waals surface area contributed by atoms with Crippen LogP contribution in [-0.4, -0.2) is 34.7 Å². The van der Waals surface area contributed by atoms with E-state index in [4.69, 9.17) is 4.42 Å². The zero-order chi connectivity index (χ0) is 18.9. The van der Waals surface area contributed by atoms with E-state index in [0.717, 1.165) is 59.5 Å². The van der Waals surface area contributed by atoms with Crippen LogP contribution in [0.2, 0.25) is 0 Å². The molecule has 3 heterocycles. The number of fused-ring (bicyclic) bond motifs is 1. The number of rotatable bonds is 4. The molecule has 4 aromatic rings. The molecule has 6 heteroatoms. The lowest BCUT2D eigenvalue weighted by molar-refractivity contribution is 0.143. The molecule has 0 radical (unpaired) electrons. The quantitative estimate of drug-likeness (QED) is 0.563. The topological polar surface area (TPSA) is 57.1 Å². The summed E-state index contributed by atoms with van der Waals surface area (Å²) < 4.78 is 19.2. The fourth-order valence-electron chi connectivity index (χ4n) is 3.89. The zero-order valence-electron chi connectivity index (χ0n) is 15.4. The van der Waals surface area contributed by atoms with Gasteiger partial charge in [-0.15, -0.1) is 0 Å². The molecule has 0 saturated carbocycles. The molecule has 5 rings (SSSR count). The highest BCUT2D eigenvalue weighted by atomic mass is 19.1. The minimum absolute atomic E-state index is 0.199. The summed E-state index contributed by atoms with van der Waals surface area (Å²) in [6.45, 7) is 3.41. The lowest BCUT2D eigenvalue weighted by Crippen LogP contribution is -2.45. The molecule has 0 spiro atoms. The highest BCUT2D eigenvalue weighted by Crippen LogP contribution is 2.28. The number of nitrogens with zero attached hydrogens (tertiary/aromatic N) is 2. The number of aromatic nitrogens is 2. The average molecular weight is 376 g/mol. The second-order valence-corrected chi connectivity index (χ2v) is 7.22. The highest BCUT2D eigenvalue weighted by Gasteiger charge is 2.24. The SMILES string of the molecule is Fc1ccc(C2CNCCN2Cc2cc(-c3ccc4[nH]ncc4c3)co2)cc1. The van der Waals surface area contributed by atoms with E-state index in [0.29, 0.717) is 0 Å². The number of hydrogen-bond donors (Lipinski definition) is 2. The molecule has 1 atom stereocenters. The Labute approximate surface area is 162 Å². The highest BCUT2D eigenvalue weighted by molar-refractivity contribution is 5.83. The molecule has 5 nitrogen and oxygen atoms in total. The number of hydrogen-bond acceptors (Lipinski definition) is 4. The molecule has 1 unspecified atom stereocenters. The molecule has 1 aliphatic heterocycles. The summed E-state index contributed by atoms with van der Waals surface area (Å²) in [7, 11) is 0. The molecular formula is C22H21FN4O. The van der Waals surface area contributed by atoms with Crippen molar-refractivity contribution in [3.8, 4) is 11.1 Å². The fraction of sp³-hybridized carbons (Fsp3) is 0.227. The van der Waals surface area contributed by atoms with Gasteiger partial charge in [0.25, 0.3) is 0 Å². The second kappa shape index (κ2) is 7.22. The first-order valence-corrected chi connectivity index (χ1v) is 9.47. The van der Waals surface area contributed by atoms with Crippen LogP contribution in [0.4, 0.5) is 4.39 Å². The molecule has 2 aromatic heterocycles. The number of benzene rings is 2. The van der Waals surface area contributed by atoms with Crippen LogP contribution in [0.5, 0.6) is 0 Å². The Bertz CT molecular complexity index is 1090. The van der Waals surface area contributed by atoms with Crippen molar-refractivity contribution in [2.75, 3.05) is 19.6 Å². The van der Waals surface area contributed by atoms with Crippen molar-refractivity contribution in [2.24, 2.45) is 0 Å². The number of nitrogens with one attached hydrogen (secondary N) is 2. The molecule has 1 saturated heterocycles. The van der Waals surface area contributed by atoms with E-state index in [-0.39, 0.29) is 11.9 Å². The summed E-state index contributed by atoms with van der Waals surface area (Å²) in [6, 6.07) is 15.3. The third-order valence-electron chi connectivity index (χ3n) is 5.40. The van der Waals surface area contributed by atoms with E-state index in [1.54, 1.807) is 0 Å². The Morgan fingerprint density at radius 2 is 2.00 bits per heavy atom. The van der Waals surface area contributed by atoms with Crippen LogP contribution in [0, 0.1) is 5.82 Å². The van der Waals surface area contributed by atoms with Gasteiger partial charge in [0.2, 0.25) is 0 Å². The Morgan fingerprint density at radius 1 is 1.11 bits per heavy atom. The lowest BCUT2D eigenvalue weighted by atomic mass is 10.0. The van der Waals surface area contributed by atoms with Gasteiger partial charge >= 0.3 is 0 Å². The number of H-pyrrole nitrogens is 1. The summed E-state index contributed by atoms with van der Waals surface area (Å²) >= 11 is 0. The summed E-state index contributed by atoms with van der Waals surface area (Å²) in [5.41, 5.74) is 4.31. The van der Waals surface area contributed by atoms with Crippen molar-refractivity contribution in [2.45, 2.75) is 12.6 Å². The van der Waals surface area contributed by atoms with Gasteiger partial charge in [-0.3, -0.25) is 10.00 Å². The first-order chi connectivity index (χ1) is 13.8. The second-order valence-electron chi connectivity index (χ2n) is 7.22. The van der Waals surface area contributed by atoms with E-state index in [2.05, 4.69) is 38.6 Å². The monoisotopic (exact) mass is 376 g/mol. The largest absolute Gasteiger partial charge is 0.467 e. The molecule has 0 amide bonds. The number of aromatic amines is 1. The first kappa shape index (κ1) is 17.2. The first-order valence-electron chi connectivity index (χ1n) is 9.47. The van der Waals surface area contributed by atoms with E-state index in [1.807, 2.05) is 30.7 Å². The molecule has 2 N–H and O–H groups in total. The van der Waals surface area contributed by atoms with Crippen LogP contribution < -0.4 is 5.32 Å². The van der Waals surface area contributed by atoms with Crippen molar-refractivity contribution in [1.29, 1.82) is 0 Å². The van der Waals surface area contributed by atoms with Gasteiger partial charge in [-0.1, -0.05) is 18.2 Å². The van der Waals surface area contributed by atoms with Crippen LogP contribution in [0.1, 0.15) is 17.4 Å². The standard InChI is InChI=1S/C22H21FN4O/c23-19-4-1-15(2-5-19)22-12-24-7-8-27(22)13-20-10-18(14-28-20)16-3-6-21-17(9-16)11-25-26-21/h1-6,9-11,14,22,24H,7-8,12-13H2,(H,25,26). The smallest absolute Gasteiger partial charge is 0.123 e. The minimum Gasteiger partial charge on any atom is -0.467 e. The maximum Gasteiger partial charge on any atom is 0.123 e. The van der Waals surface area contributed by atoms with Gasteiger partial charge in [0, 0.05) is 36.6 Å². The third kappa shape index (κ3) is 3.32. The molecule has 1 fully saturated rings. The fourth-order valence-corrected chi connectivity index (χ4v) is 3.89. The molecule has 0 bridgehead atoms. The minimum atomic E-state index is -0.204. The average Bonchev–Trinajstić information content (AvgIpc) is 3.38. The molecule has 0 aliphatic carbocycles. The van der Waals surface area contributed by atoms with Gasteiger partial charge < -0.3 is 9.73 Å². The van der Waals surface area contributed by atoms with Gasteiger partial charge in [-0.05, 0) is 41.5 Å². The number of furan rings is 1. The maximum absolute atomic E-state index is 13.3. The number of halogens is 1. The third-order valence-corrected chi connectivity index (χ3v) is 5.40. The van der Waals surface area contributed by atoms with E-state index in [9.17, 15) is 4.39 Å². The Hall–Kier alpha value is -2.96. The van der Waals surface area contributed by atoms with E-state index in [1.165, 1.54) is 12.1 Å².